The normalized spacial score (nSPS) is 27.7. The molecule has 160 valence electrons. The van der Waals surface area contributed by atoms with Crippen LogP contribution in [0.15, 0.2) is 18.2 Å². The van der Waals surface area contributed by atoms with E-state index in [0.717, 1.165) is 37.2 Å². The number of aromatic hydroxyl groups is 1. The molecule has 2 nitrogen and oxygen atoms in total. The van der Waals surface area contributed by atoms with Gasteiger partial charge in [0, 0.05) is 0 Å². The Labute approximate surface area is 173 Å². The predicted octanol–water partition coefficient (Wildman–Crippen LogP) is 7.32. The molecule has 1 aromatic rings. The summed E-state index contributed by atoms with van der Waals surface area (Å²) in [6.45, 7) is 6.87. The molecule has 0 saturated heterocycles. The summed E-state index contributed by atoms with van der Waals surface area (Å²) in [5.41, 5.74) is 2.50. The second-order valence-corrected chi connectivity index (χ2v) is 9.90. The second kappa shape index (κ2) is 10.1. The van der Waals surface area contributed by atoms with Crippen LogP contribution in [0.3, 0.4) is 0 Å². The van der Waals surface area contributed by atoms with Crippen LogP contribution in [0.25, 0.3) is 0 Å². The van der Waals surface area contributed by atoms with Crippen molar-refractivity contribution < 1.29 is 10.2 Å². The van der Waals surface area contributed by atoms with Gasteiger partial charge in [-0.15, -0.1) is 0 Å². The lowest BCUT2D eigenvalue weighted by Gasteiger charge is -2.43. The van der Waals surface area contributed by atoms with E-state index in [1.807, 2.05) is 6.07 Å². The minimum Gasteiger partial charge on any atom is -0.508 e. The van der Waals surface area contributed by atoms with E-state index >= 15 is 0 Å². The van der Waals surface area contributed by atoms with Gasteiger partial charge in [0.05, 0.1) is 6.10 Å². The van der Waals surface area contributed by atoms with Crippen molar-refractivity contribution in [3.05, 3.63) is 29.3 Å². The van der Waals surface area contributed by atoms with E-state index in [1.165, 1.54) is 50.5 Å². The molecule has 4 unspecified atom stereocenters. The van der Waals surface area contributed by atoms with Gasteiger partial charge < -0.3 is 10.2 Å². The van der Waals surface area contributed by atoms with E-state index in [1.54, 1.807) is 0 Å². The Hall–Kier alpha value is -1.02. The molecular formula is C26H44O2. The smallest absolute Gasteiger partial charge is 0.119 e. The van der Waals surface area contributed by atoms with E-state index < -0.39 is 0 Å². The van der Waals surface area contributed by atoms with Crippen LogP contribution < -0.4 is 0 Å². The summed E-state index contributed by atoms with van der Waals surface area (Å²) in [5.74, 6) is 2.18. The zero-order valence-corrected chi connectivity index (χ0v) is 17.7. The van der Waals surface area contributed by atoms with Crippen LogP contribution >= 0.6 is 0 Å². The van der Waals surface area contributed by atoms with Gasteiger partial charge in [-0.2, -0.15) is 0 Å². The first kappa shape index (κ1) is 23.3. The number of aliphatic hydroxyl groups is 1. The highest BCUT2D eigenvalue weighted by molar-refractivity contribution is 5.42. The highest BCUT2D eigenvalue weighted by Crippen LogP contribution is 2.50. The van der Waals surface area contributed by atoms with Gasteiger partial charge in [-0.25, -0.2) is 0 Å². The van der Waals surface area contributed by atoms with Gasteiger partial charge in [0.1, 0.15) is 5.75 Å². The maximum Gasteiger partial charge on any atom is 0.119 e. The summed E-state index contributed by atoms with van der Waals surface area (Å²) < 4.78 is 0. The Balaban J connectivity index is 0.00000280. The first-order valence-electron chi connectivity index (χ1n) is 11.4. The molecule has 1 aromatic carbocycles. The van der Waals surface area contributed by atoms with Crippen molar-refractivity contribution >= 4 is 0 Å². The molecule has 0 amide bonds. The molecule has 2 aliphatic rings. The number of fused-ring (bicyclic) bond motifs is 1. The third kappa shape index (κ3) is 5.32. The Morgan fingerprint density at radius 2 is 1.82 bits per heavy atom. The number of hydrogen-bond acceptors (Lipinski definition) is 2. The summed E-state index contributed by atoms with van der Waals surface area (Å²) in [5, 5.41) is 21.1. The minimum atomic E-state index is -0.143. The molecule has 0 spiro atoms. The summed E-state index contributed by atoms with van der Waals surface area (Å²) in [6.07, 6.45) is 12.9. The minimum absolute atomic E-state index is 0. The largest absolute Gasteiger partial charge is 0.508 e. The number of hydrogen-bond donors (Lipinski definition) is 2. The van der Waals surface area contributed by atoms with Gasteiger partial charge in [0.15, 0.2) is 0 Å². The Bertz CT molecular complexity index is 606. The van der Waals surface area contributed by atoms with E-state index in [0.29, 0.717) is 17.6 Å². The van der Waals surface area contributed by atoms with Gasteiger partial charge >= 0.3 is 0 Å². The van der Waals surface area contributed by atoms with Crippen molar-refractivity contribution in [2.45, 2.75) is 116 Å². The monoisotopic (exact) mass is 388 g/mol. The molecule has 0 aromatic heterocycles. The topological polar surface area (TPSA) is 40.5 Å². The van der Waals surface area contributed by atoms with Gasteiger partial charge in [0.2, 0.25) is 0 Å². The molecule has 4 atom stereocenters. The number of aliphatic hydroxyl groups excluding tert-OH is 1. The molecule has 0 bridgehead atoms. The zero-order valence-electron chi connectivity index (χ0n) is 17.7. The lowest BCUT2D eigenvalue weighted by molar-refractivity contribution is 0.0375. The maximum atomic E-state index is 10.9. The van der Waals surface area contributed by atoms with Crippen molar-refractivity contribution in [3.8, 4) is 5.75 Å². The Kier molecular flexibility index (Phi) is 8.43. The molecule has 0 aliphatic heterocycles. The lowest BCUT2D eigenvalue weighted by atomic mass is 9.63. The molecule has 2 aliphatic carbocycles. The SMILES string of the molecule is C.CCCCCCC(C)(C)c1ccc(C2CCCC3CCC(O)CC32)c(O)c1. The summed E-state index contributed by atoms with van der Waals surface area (Å²) >= 11 is 0. The van der Waals surface area contributed by atoms with Crippen LogP contribution in [0.5, 0.6) is 5.75 Å². The van der Waals surface area contributed by atoms with E-state index in [4.69, 9.17) is 0 Å². The van der Waals surface area contributed by atoms with Gasteiger partial charge in [0.25, 0.3) is 0 Å². The third-order valence-electron chi connectivity index (χ3n) is 7.49. The van der Waals surface area contributed by atoms with E-state index in [9.17, 15) is 10.2 Å². The van der Waals surface area contributed by atoms with Crippen molar-refractivity contribution in [1.82, 2.24) is 0 Å². The van der Waals surface area contributed by atoms with Gasteiger partial charge in [-0.1, -0.05) is 78.9 Å². The average molecular weight is 389 g/mol. The third-order valence-corrected chi connectivity index (χ3v) is 7.49. The highest BCUT2D eigenvalue weighted by atomic mass is 16.3. The molecule has 3 rings (SSSR count). The quantitative estimate of drug-likeness (QED) is 0.480. The average Bonchev–Trinajstić information content (AvgIpc) is 2.65. The summed E-state index contributed by atoms with van der Waals surface area (Å²) in [7, 11) is 0. The van der Waals surface area contributed by atoms with Crippen LogP contribution in [0, 0.1) is 11.8 Å². The van der Waals surface area contributed by atoms with Gasteiger partial charge in [-0.3, -0.25) is 0 Å². The maximum absolute atomic E-state index is 10.9. The first-order chi connectivity index (χ1) is 12.9. The number of phenols is 1. The van der Waals surface area contributed by atoms with Crippen molar-refractivity contribution in [3.63, 3.8) is 0 Å². The predicted molar refractivity (Wildman–Crippen MR) is 120 cm³/mol. The van der Waals surface area contributed by atoms with E-state index in [2.05, 4.69) is 32.9 Å². The van der Waals surface area contributed by atoms with Gasteiger partial charge in [-0.05, 0) is 72.5 Å². The van der Waals surface area contributed by atoms with Crippen molar-refractivity contribution in [2.75, 3.05) is 0 Å². The fraction of sp³-hybridized carbons (Fsp3) is 0.769. The summed E-state index contributed by atoms with van der Waals surface area (Å²) in [4.78, 5) is 0. The summed E-state index contributed by atoms with van der Waals surface area (Å²) in [6, 6.07) is 6.50. The number of unbranched alkanes of at least 4 members (excludes halogenated alkanes) is 3. The first-order valence-corrected chi connectivity index (χ1v) is 11.4. The van der Waals surface area contributed by atoms with Crippen LogP contribution in [0.2, 0.25) is 0 Å². The Morgan fingerprint density at radius 1 is 1.04 bits per heavy atom. The number of phenolic OH excluding ortho intramolecular Hbond substituents is 1. The molecule has 2 saturated carbocycles. The Morgan fingerprint density at radius 3 is 2.54 bits per heavy atom. The van der Waals surface area contributed by atoms with Crippen LogP contribution in [-0.2, 0) is 5.41 Å². The van der Waals surface area contributed by atoms with Crippen molar-refractivity contribution in [1.29, 1.82) is 0 Å². The molecule has 28 heavy (non-hydrogen) atoms. The van der Waals surface area contributed by atoms with Crippen LogP contribution in [0.4, 0.5) is 0 Å². The fourth-order valence-electron chi connectivity index (χ4n) is 5.71. The fourth-order valence-corrected chi connectivity index (χ4v) is 5.71. The van der Waals surface area contributed by atoms with E-state index in [-0.39, 0.29) is 18.9 Å². The molecule has 2 fully saturated rings. The number of rotatable bonds is 7. The molecular weight excluding hydrogens is 344 g/mol. The van der Waals surface area contributed by atoms with Crippen LogP contribution in [0.1, 0.15) is 116 Å². The molecule has 0 heterocycles. The van der Waals surface area contributed by atoms with Crippen LogP contribution in [-0.4, -0.2) is 16.3 Å². The molecule has 2 heteroatoms. The lowest BCUT2D eigenvalue weighted by Crippen LogP contribution is -2.35. The molecule has 2 N–H and O–H groups in total. The highest BCUT2D eigenvalue weighted by Gasteiger charge is 2.39. The number of benzene rings is 1. The second-order valence-electron chi connectivity index (χ2n) is 9.90. The van der Waals surface area contributed by atoms with Crippen molar-refractivity contribution in [2.24, 2.45) is 11.8 Å². The molecule has 0 radical (unpaired) electrons. The standard InChI is InChI=1S/C25H40O2.CH4/c1-4-5-6-7-15-25(2,3)19-12-14-22(24(27)16-19)21-10-8-9-18-11-13-20(26)17-23(18)21;/h12,14,16,18,20-21,23,26-27H,4-11,13,15,17H2,1-3H3;1H4. The zero-order chi connectivity index (χ0) is 19.4.